The highest BCUT2D eigenvalue weighted by Gasteiger charge is 2.06. The van der Waals surface area contributed by atoms with Crippen LogP contribution in [0.4, 0.5) is 0 Å². The van der Waals surface area contributed by atoms with Gasteiger partial charge in [0.1, 0.15) is 0 Å². The number of pyridine rings is 1. The fourth-order valence-corrected chi connectivity index (χ4v) is 2.57. The van der Waals surface area contributed by atoms with Crippen LogP contribution in [0, 0.1) is 0 Å². The zero-order valence-corrected chi connectivity index (χ0v) is 13.7. The number of amides is 1. The number of hydrogen-bond donors (Lipinski definition) is 1. The third-order valence-corrected chi connectivity index (χ3v) is 3.86. The summed E-state index contributed by atoms with van der Waals surface area (Å²) in [5.41, 5.74) is 4.83. The summed E-state index contributed by atoms with van der Waals surface area (Å²) >= 11 is 0. The van der Waals surface area contributed by atoms with Gasteiger partial charge in [-0.05, 0) is 41.8 Å². The maximum Gasteiger partial charge on any atom is 0.251 e. The van der Waals surface area contributed by atoms with Gasteiger partial charge in [0.05, 0.1) is 12.5 Å². The molecule has 0 radical (unpaired) electrons. The summed E-state index contributed by atoms with van der Waals surface area (Å²) in [4.78, 5) is 16.5. The molecule has 2 heterocycles. The van der Waals surface area contributed by atoms with Crippen LogP contribution in [0.25, 0.3) is 11.1 Å². The first-order valence-electron chi connectivity index (χ1n) is 8.10. The number of carbonyl (C=O) groups is 1. The quantitative estimate of drug-likeness (QED) is 0.739. The standard InChI is InChI=1S/C20H20N2O2/c1-2-3-15-4-6-17(7-5-15)20(23)22-12-16-10-19(13-21-11-16)18-8-9-24-14-18/h4-11,13-14H,2-3,12H2,1H3,(H,22,23). The van der Waals surface area contributed by atoms with Gasteiger partial charge in [0.2, 0.25) is 0 Å². The van der Waals surface area contributed by atoms with Crippen molar-refractivity contribution in [1.29, 1.82) is 0 Å². The van der Waals surface area contributed by atoms with Gasteiger partial charge in [0.25, 0.3) is 5.91 Å². The fraction of sp³-hybridized carbons (Fsp3) is 0.200. The number of carbonyl (C=O) groups excluding carboxylic acids is 1. The third-order valence-electron chi connectivity index (χ3n) is 3.86. The highest BCUT2D eigenvalue weighted by molar-refractivity contribution is 5.94. The highest BCUT2D eigenvalue weighted by atomic mass is 16.3. The number of aryl methyl sites for hydroxylation is 1. The Balaban J connectivity index is 1.63. The predicted molar refractivity (Wildman–Crippen MR) is 93.5 cm³/mol. The first kappa shape index (κ1) is 16.0. The first-order valence-corrected chi connectivity index (χ1v) is 8.10. The lowest BCUT2D eigenvalue weighted by Gasteiger charge is -2.07. The molecule has 3 rings (SSSR count). The average molecular weight is 320 g/mol. The molecule has 0 atom stereocenters. The number of hydrogen-bond acceptors (Lipinski definition) is 3. The smallest absolute Gasteiger partial charge is 0.251 e. The second-order valence-electron chi connectivity index (χ2n) is 5.72. The molecule has 0 bridgehead atoms. The topological polar surface area (TPSA) is 55.1 Å². The third kappa shape index (κ3) is 3.90. The minimum atomic E-state index is -0.0771. The van der Waals surface area contributed by atoms with Crippen molar-refractivity contribution in [1.82, 2.24) is 10.3 Å². The molecule has 0 saturated heterocycles. The van der Waals surface area contributed by atoms with Crippen molar-refractivity contribution in [2.45, 2.75) is 26.3 Å². The molecule has 0 aliphatic rings. The van der Waals surface area contributed by atoms with Crippen molar-refractivity contribution in [3.05, 3.63) is 78.0 Å². The zero-order valence-electron chi connectivity index (χ0n) is 13.7. The van der Waals surface area contributed by atoms with Crippen molar-refractivity contribution in [3.63, 3.8) is 0 Å². The van der Waals surface area contributed by atoms with E-state index in [0.29, 0.717) is 12.1 Å². The number of nitrogens with one attached hydrogen (secondary N) is 1. The second-order valence-corrected chi connectivity index (χ2v) is 5.72. The van der Waals surface area contributed by atoms with Crippen LogP contribution in [0.15, 0.2) is 65.7 Å². The monoisotopic (exact) mass is 320 g/mol. The lowest BCUT2D eigenvalue weighted by molar-refractivity contribution is 0.0951. The van der Waals surface area contributed by atoms with Crippen LogP contribution in [-0.4, -0.2) is 10.9 Å². The van der Waals surface area contributed by atoms with Crippen LogP contribution in [0.2, 0.25) is 0 Å². The molecule has 1 amide bonds. The van der Waals surface area contributed by atoms with Gasteiger partial charge in [-0.15, -0.1) is 0 Å². The zero-order chi connectivity index (χ0) is 16.8. The van der Waals surface area contributed by atoms with Gasteiger partial charge >= 0.3 is 0 Å². The lowest BCUT2D eigenvalue weighted by Crippen LogP contribution is -2.22. The molecule has 1 N–H and O–H groups in total. The Morgan fingerprint density at radius 3 is 2.62 bits per heavy atom. The van der Waals surface area contributed by atoms with Crippen LogP contribution in [0.3, 0.4) is 0 Å². The second kappa shape index (κ2) is 7.59. The van der Waals surface area contributed by atoms with Crippen LogP contribution < -0.4 is 5.32 Å². The maximum absolute atomic E-state index is 12.3. The molecule has 0 unspecified atom stereocenters. The number of rotatable bonds is 6. The summed E-state index contributed by atoms with van der Waals surface area (Å²) in [6.07, 6.45) is 8.99. The van der Waals surface area contributed by atoms with E-state index in [-0.39, 0.29) is 5.91 Å². The van der Waals surface area contributed by atoms with Gasteiger partial charge in [0, 0.05) is 35.6 Å². The highest BCUT2D eigenvalue weighted by Crippen LogP contribution is 2.19. The van der Waals surface area contributed by atoms with E-state index in [1.165, 1.54) is 5.56 Å². The van der Waals surface area contributed by atoms with Gasteiger partial charge < -0.3 is 9.73 Å². The van der Waals surface area contributed by atoms with E-state index in [1.807, 2.05) is 36.4 Å². The van der Waals surface area contributed by atoms with Crippen molar-refractivity contribution < 1.29 is 9.21 Å². The minimum Gasteiger partial charge on any atom is -0.472 e. The number of benzene rings is 1. The predicted octanol–water partition coefficient (Wildman–Crippen LogP) is 4.22. The summed E-state index contributed by atoms with van der Waals surface area (Å²) in [6, 6.07) is 11.7. The molecule has 4 nitrogen and oxygen atoms in total. The lowest BCUT2D eigenvalue weighted by atomic mass is 10.1. The molecule has 0 saturated carbocycles. The number of nitrogens with zero attached hydrogens (tertiary/aromatic N) is 1. The summed E-state index contributed by atoms with van der Waals surface area (Å²) in [6.45, 7) is 2.58. The summed E-state index contributed by atoms with van der Waals surface area (Å²) in [5, 5.41) is 2.94. The van der Waals surface area contributed by atoms with E-state index in [9.17, 15) is 4.79 Å². The molecule has 0 aliphatic heterocycles. The Kier molecular flexibility index (Phi) is 5.06. The van der Waals surface area contributed by atoms with Crippen molar-refractivity contribution in [3.8, 4) is 11.1 Å². The Labute approximate surface area is 141 Å². The Hall–Kier alpha value is -2.88. The Morgan fingerprint density at radius 1 is 1.08 bits per heavy atom. The Morgan fingerprint density at radius 2 is 1.92 bits per heavy atom. The molecule has 122 valence electrons. The van der Waals surface area contributed by atoms with Gasteiger partial charge in [-0.25, -0.2) is 0 Å². The maximum atomic E-state index is 12.3. The van der Waals surface area contributed by atoms with Gasteiger partial charge in [-0.2, -0.15) is 0 Å². The van der Waals surface area contributed by atoms with E-state index in [4.69, 9.17) is 4.42 Å². The van der Waals surface area contributed by atoms with Crippen LogP contribution in [0.5, 0.6) is 0 Å². The van der Waals surface area contributed by atoms with Crippen molar-refractivity contribution in [2.24, 2.45) is 0 Å². The molecule has 4 heteroatoms. The van der Waals surface area contributed by atoms with E-state index in [0.717, 1.165) is 29.5 Å². The minimum absolute atomic E-state index is 0.0771. The van der Waals surface area contributed by atoms with Gasteiger partial charge in [0.15, 0.2) is 0 Å². The molecule has 0 aliphatic carbocycles. The van der Waals surface area contributed by atoms with E-state index in [1.54, 1.807) is 24.9 Å². The molecule has 2 aromatic heterocycles. The molecule has 3 aromatic rings. The molecular weight excluding hydrogens is 300 g/mol. The largest absolute Gasteiger partial charge is 0.472 e. The SMILES string of the molecule is CCCc1ccc(C(=O)NCc2cncc(-c3ccoc3)c2)cc1. The van der Waals surface area contributed by atoms with E-state index in [2.05, 4.69) is 17.2 Å². The van der Waals surface area contributed by atoms with Crippen molar-refractivity contribution >= 4 is 5.91 Å². The first-order chi connectivity index (χ1) is 11.8. The van der Waals surface area contributed by atoms with Crippen LogP contribution >= 0.6 is 0 Å². The Bertz CT molecular complexity index is 793. The molecule has 24 heavy (non-hydrogen) atoms. The van der Waals surface area contributed by atoms with Gasteiger partial charge in [-0.3, -0.25) is 9.78 Å². The van der Waals surface area contributed by atoms with Crippen LogP contribution in [-0.2, 0) is 13.0 Å². The molecule has 0 spiro atoms. The summed E-state index contributed by atoms with van der Waals surface area (Å²) in [5.74, 6) is -0.0771. The van der Waals surface area contributed by atoms with E-state index < -0.39 is 0 Å². The fourth-order valence-electron chi connectivity index (χ4n) is 2.57. The summed E-state index contributed by atoms with van der Waals surface area (Å²) in [7, 11) is 0. The normalized spacial score (nSPS) is 10.5. The average Bonchev–Trinajstić information content (AvgIpc) is 3.16. The molecular formula is C20H20N2O2. The van der Waals surface area contributed by atoms with Gasteiger partial charge in [-0.1, -0.05) is 25.5 Å². The van der Waals surface area contributed by atoms with Crippen molar-refractivity contribution in [2.75, 3.05) is 0 Å². The number of aromatic nitrogens is 1. The molecule has 0 fully saturated rings. The number of furan rings is 1. The molecule has 1 aromatic carbocycles. The van der Waals surface area contributed by atoms with Crippen LogP contribution in [0.1, 0.15) is 34.8 Å². The summed E-state index contributed by atoms with van der Waals surface area (Å²) < 4.78 is 5.09. The van der Waals surface area contributed by atoms with E-state index >= 15 is 0 Å².